The molecule has 0 aromatic heterocycles. The summed E-state index contributed by atoms with van der Waals surface area (Å²) >= 11 is 0. The molecule has 0 N–H and O–H groups in total. The Morgan fingerprint density at radius 2 is 1.59 bits per heavy atom. The lowest BCUT2D eigenvalue weighted by Gasteiger charge is -2.36. The van der Waals surface area contributed by atoms with Crippen molar-refractivity contribution < 1.29 is 0 Å². The smallest absolute Gasteiger partial charge is 0.00104 e. The van der Waals surface area contributed by atoms with Gasteiger partial charge in [-0.3, -0.25) is 0 Å². The first-order valence-electron chi connectivity index (χ1n) is 9.06. The monoisotopic (exact) mass is 301 g/mol. The fourth-order valence-electron chi connectivity index (χ4n) is 3.99. The molecule has 3 atom stereocenters. The van der Waals surface area contributed by atoms with Gasteiger partial charge in [0.25, 0.3) is 0 Å². The molecule has 1 fully saturated rings. The van der Waals surface area contributed by atoms with E-state index in [1.54, 1.807) is 0 Å². The van der Waals surface area contributed by atoms with Crippen LogP contribution in [0.4, 0.5) is 0 Å². The summed E-state index contributed by atoms with van der Waals surface area (Å²) in [5.74, 6) is 2.46. The summed E-state index contributed by atoms with van der Waals surface area (Å²) in [4.78, 5) is 2.69. The molecule has 124 valence electrons. The zero-order valence-corrected chi connectivity index (χ0v) is 15.5. The number of nitrogens with zero attached hydrogens (tertiary/aromatic N) is 1. The summed E-state index contributed by atoms with van der Waals surface area (Å²) in [6.45, 7) is 17.9. The number of hydrogen-bond acceptors (Lipinski definition) is 1. The number of rotatable bonds is 4. The van der Waals surface area contributed by atoms with Crippen LogP contribution >= 0.6 is 0 Å². The van der Waals surface area contributed by atoms with Crippen LogP contribution in [-0.4, -0.2) is 24.5 Å². The van der Waals surface area contributed by atoms with E-state index >= 15 is 0 Å². The number of piperidine rings is 1. The van der Waals surface area contributed by atoms with Crippen molar-refractivity contribution >= 4 is 0 Å². The highest BCUT2D eigenvalue weighted by atomic mass is 15.1. The molecule has 1 nitrogen and oxygen atoms in total. The Morgan fingerprint density at radius 3 is 2.09 bits per heavy atom. The molecule has 1 aromatic rings. The molecule has 2 rings (SSSR count). The Balaban J connectivity index is 1.87. The van der Waals surface area contributed by atoms with Crippen molar-refractivity contribution in [2.24, 2.45) is 17.8 Å². The van der Waals surface area contributed by atoms with E-state index in [0.29, 0.717) is 0 Å². The standard InChI is InChI=1S/C21H35N/c1-16-11-17(2)14-22(13-16)15-18(3)12-19-7-9-20(10-8-19)21(4,5)6/h7-10,16-18H,11-15H2,1-6H3/t16-,17+,18-/m0/s1. The lowest BCUT2D eigenvalue weighted by Crippen LogP contribution is -2.41. The predicted molar refractivity (Wildman–Crippen MR) is 97.4 cm³/mol. The molecule has 1 aromatic carbocycles. The molecule has 0 radical (unpaired) electrons. The van der Waals surface area contributed by atoms with Gasteiger partial charge in [-0.05, 0) is 47.1 Å². The van der Waals surface area contributed by atoms with Crippen molar-refractivity contribution in [2.45, 2.75) is 59.8 Å². The average molecular weight is 302 g/mol. The molecule has 1 saturated heterocycles. The van der Waals surface area contributed by atoms with E-state index in [2.05, 4.69) is 70.7 Å². The van der Waals surface area contributed by atoms with Crippen molar-refractivity contribution in [1.82, 2.24) is 4.90 Å². The van der Waals surface area contributed by atoms with Gasteiger partial charge in [-0.1, -0.05) is 65.8 Å². The predicted octanol–water partition coefficient (Wildman–Crippen LogP) is 5.14. The summed E-state index contributed by atoms with van der Waals surface area (Å²) in [6, 6.07) is 9.29. The van der Waals surface area contributed by atoms with Gasteiger partial charge in [0.15, 0.2) is 0 Å². The number of likely N-dealkylation sites (tertiary alicyclic amines) is 1. The molecule has 1 aliphatic rings. The van der Waals surface area contributed by atoms with Crippen molar-refractivity contribution in [1.29, 1.82) is 0 Å². The highest BCUT2D eigenvalue weighted by Crippen LogP contribution is 2.24. The Kier molecular flexibility index (Phi) is 5.71. The molecule has 0 amide bonds. The van der Waals surface area contributed by atoms with Crippen LogP contribution in [0.5, 0.6) is 0 Å². The van der Waals surface area contributed by atoms with Crippen LogP contribution in [0.1, 0.15) is 59.1 Å². The largest absolute Gasteiger partial charge is 0.303 e. The Morgan fingerprint density at radius 1 is 1.05 bits per heavy atom. The molecule has 0 aliphatic carbocycles. The van der Waals surface area contributed by atoms with Gasteiger partial charge in [0, 0.05) is 19.6 Å². The molecule has 0 spiro atoms. The fourth-order valence-corrected chi connectivity index (χ4v) is 3.99. The second kappa shape index (κ2) is 7.17. The quantitative estimate of drug-likeness (QED) is 0.744. The van der Waals surface area contributed by atoms with Crippen LogP contribution < -0.4 is 0 Å². The first-order chi connectivity index (χ1) is 10.2. The highest BCUT2D eigenvalue weighted by molar-refractivity contribution is 5.27. The third kappa shape index (κ3) is 5.12. The fraction of sp³-hybridized carbons (Fsp3) is 0.714. The average Bonchev–Trinajstić information content (AvgIpc) is 2.36. The normalized spacial score (nSPS) is 25.2. The maximum atomic E-state index is 2.69. The maximum Gasteiger partial charge on any atom is 0.00104 e. The second-order valence-corrected chi connectivity index (χ2v) is 8.92. The molecular formula is C21H35N. The third-order valence-electron chi connectivity index (χ3n) is 4.92. The minimum absolute atomic E-state index is 0.254. The van der Waals surface area contributed by atoms with Crippen LogP contribution in [0, 0.1) is 17.8 Å². The van der Waals surface area contributed by atoms with Gasteiger partial charge in [-0.15, -0.1) is 0 Å². The van der Waals surface area contributed by atoms with Crippen molar-refractivity contribution in [3.8, 4) is 0 Å². The molecule has 22 heavy (non-hydrogen) atoms. The summed E-state index contributed by atoms with van der Waals surface area (Å²) in [5, 5.41) is 0. The van der Waals surface area contributed by atoms with Gasteiger partial charge in [0.05, 0.1) is 0 Å². The summed E-state index contributed by atoms with van der Waals surface area (Å²) in [7, 11) is 0. The first kappa shape index (κ1) is 17.5. The zero-order valence-electron chi connectivity index (χ0n) is 15.5. The second-order valence-electron chi connectivity index (χ2n) is 8.92. The van der Waals surface area contributed by atoms with Crippen LogP contribution in [0.15, 0.2) is 24.3 Å². The molecule has 0 saturated carbocycles. The first-order valence-corrected chi connectivity index (χ1v) is 9.06. The van der Waals surface area contributed by atoms with Gasteiger partial charge in [-0.25, -0.2) is 0 Å². The van der Waals surface area contributed by atoms with Crippen LogP contribution in [0.2, 0.25) is 0 Å². The van der Waals surface area contributed by atoms with Gasteiger partial charge < -0.3 is 4.90 Å². The number of hydrogen-bond donors (Lipinski definition) is 0. The Hall–Kier alpha value is -0.820. The van der Waals surface area contributed by atoms with Crippen LogP contribution in [-0.2, 0) is 11.8 Å². The molecule has 1 heteroatoms. The third-order valence-corrected chi connectivity index (χ3v) is 4.92. The lowest BCUT2D eigenvalue weighted by atomic mass is 9.86. The molecular weight excluding hydrogens is 266 g/mol. The van der Waals surface area contributed by atoms with Gasteiger partial charge in [-0.2, -0.15) is 0 Å². The Labute approximate surface area is 138 Å². The van der Waals surface area contributed by atoms with E-state index in [1.807, 2.05) is 0 Å². The van der Waals surface area contributed by atoms with Crippen LogP contribution in [0.3, 0.4) is 0 Å². The Bertz CT molecular complexity index is 444. The summed E-state index contributed by atoms with van der Waals surface area (Å²) in [5.41, 5.74) is 3.17. The molecule has 1 heterocycles. The topological polar surface area (TPSA) is 3.24 Å². The van der Waals surface area contributed by atoms with Crippen molar-refractivity contribution in [2.75, 3.05) is 19.6 Å². The SMILES string of the molecule is C[C@@H]1C[C@H](C)CN(C[C@@H](C)Cc2ccc(C(C)(C)C)cc2)C1. The van der Waals surface area contributed by atoms with Crippen LogP contribution in [0.25, 0.3) is 0 Å². The van der Waals surface area contributed by atoms with E-state index in [0.717, 1.165) is 17.8 Å². The zero-order chi connectivity index (χ0) is 16.3. The molecule has 1 aliphatic heterocycles. The minimum atomic E-state index is 0.254. The molecule has 0 bridgehead atoms. The van der Waals surface area contributed by atoms with Crippen molar-refractivity contribution in [3.05, 3.63) is 35.4 Å². The van der Waals surface area contributed by atoms with E-state index in [1.165, 1.54) is 43.6 Å². The van der Waals surface area contributed by atoms with E-state index in [-0.39, 0.29) is 5.41 Å². The minimum Gasteiger partial charge on any atom is -0.303 e. The highest BCUT2D eigenvalue weighted by Gasteiger charge is 2.23. The van der Waals surface area contributed by atoms with E-state index < -0.39 is 0 Å². The number of benzene rings is 1. The summed E-state index contributed by atoms with van der Waals surface area (Å²) < 4.78 is 0. The van der Waals surface area contributed by atoms with Gasteiger partial charge in [0.2, 0.25) is 0 Å². The van der Waals surface area contributed by atoms with E-state index in [9.17, 15) is 0 Å². The van der Waals surface area contributed by atoms with Gasteiger partial charge in [0.1, 0.15) is 0 Å². The van der Waals surface area contributed by atoms with Gasteiger partial charge >= 0.3 is 0 Å². The lowest BCUT2D eigenvalue weighted by molar-refractivity contribution is 0.125. The van der Waals surface area contributed by atoms with E-state index in [4.69, 9.17) is 0 Å². The van der Waals surface area contributed by atoms with Crippen molar-refractivity contribution in [3.63, 3.8) is 0 Å². The maximum absolute atomic E-state index is 2.69. The summed E-state index contributed by atoms with van der Waals surface area (Å²) in [6.07, 6.45) is 2.60. The molecule has 0 unspecified atom stereocenters.